The molecule has 1 N–H and O–H groups in total. The van der Waals surface area contributed by atoms with Crippen molar-refractivity contribution < 1.29 is 4.79 Å². The Morgan fingerprint density at radius 3 is 2.80 bits per heavy atom. The molecular weight excluding hydrogens is 330 g/mol. The van der Waals surface area contributed by atoms with E-state index >= 15 is 0 Å². The van der Waals surface area contributed by atoms with Gasteiger partial charge in [0.2, 0.25) is 0 Å². The number of benzene rings is 1. The summed E-state index contributed by atoms with van der Waals surface area (Å²) in [6.07, 6.45) is 0.419. The van der Waals surface area contributed by atoms with Gasteiger partial charge in [-0.1, -0.05) is 43.8 Å². The number of pyridine rings is 2. The molecule has 25 heavy (non-hydrogen) atoms. The summed E-state index contributed by atoms with van der Waals surface area (Å²) in [5.41, 5.74) is 6.55. The molecule has 0 spiro atoms. The first-order valence-electron chi connectivity index (χ1n) is 8.55. The molecule has 4 nitrogen and oxygen atoms in total. The van der Waals surface area contributed by atoms with Gasteiger partial charge in [0.15, 0.2) is 5.12 Å². The van der Waals surface area contributed by atoms with Crippen molar-refractivity contribution in [2.45, 2.75) is 32.6 Å². The predicted octanol–water partition coefficient (Wildman–Crippen LogP) is 3.89. The van der Waals surface area contributed by atoms with Crippen molar-refractivity contribution in [3.05, 3.63) is 58.6 Å². The highest BCUT2D eigenvalue weighted by molar-refractivity contribution is 8.13. The van der Waals surface area contributed by atoms with Gasteiger partial charge in [0.25, 0.3) is 0 Å². The van der Waals surface area contributed by atoms with E-state index in [0.717, 1.165) is 39.0 Å². The van der Waals surface area contributed by atoms with Gasteiger partial charge in [-0.15, -0.1) is 0 Å². The topological polar surface area (TPSA) is 58.7 Å². The van der Waals surface area contributed by atoms with Crippen molar-refractivity contribution in [1.82, 2.24) is 9.55 Å². The Balaban J connectivity index is 0.000000758. The SMILES string of the molecule is CC.N=c1c2c(cc3n1Cc1cc4ccccc4nc1-3)CC(=O)SC2. The summed E-state index contributed by atoms with van der Waals surface area (Å²) in [6.45, 7) is 4.69. The van der Waals surface area contributed by atoms with Gasteiger partial charge >= 0.3 is 0 Å². The predicted molar refractivity (Wildman–Crippen MR) is 101 cm³/mol. The van der Waals surface area contributed by atoms with E-state index in [0.29, 0.717) is 24.2 Å². The van der Waals surface area contributed by atoms with Gasteiger partial charge in [0.05, 0.1) is 23.4 Å². The average molecular weight is 349 g/mol. The van der Waals surface area contributed by atoms with Crippen LogP contribution in [0.3, 0.4) is 0 Å². The Bertz CT molecular complexity index is 1070. The molecule has 0 saturated carbocycles. The molecular formula is C20H19N3OS. The van der Waals surface area contributed by atoms with E-state index in [1.54, 1.807) is 0 Å². The quantitative estimate of drug-likeness (QED) is 0.524. The average Bonchev–Trinajstić information content (AvgIpc) is 2.99. The fourth-order valence-electron chi connectivity index (χ4n) is 3.48. The van der Waals surface area contributed by atoms with E-state index < -0.39 is 0 Å². The van der Waals surface area contributed by atoms with Crippen LogP contribution in [0, 0.1) is 5.41 Å². The van der Waals surface area contributed by atoms with Gasteiger partial charge in [0, 0.05) is 28.7 Å². The lowest BCUT2D eigenvalue weighted by Crippen LogP contribution is -2.27. The van der Waals surface area contributed by atoms with Crippen LogP contribution >= 0.6 is 11.8 Å². The van der Waals surface area contributed by atoms with Crippen molar-refractivity contribution in [2.24, 2.45) is 0 Å². The van der Waals surface area contributed by atoms with Gasteiger partial charge in [-0.2, -0.15) is 0 Å². The van der Waals surface area contributed by atoms with E-state index in [9.17, 15) is 4.79 Å². The molecule has 4 heterocycles. The number of carbonyl (C=O) groups is 1. The zero-order valence-electron chi connectivity index (χ0n) is 14.3. The molecule has 0 amide bonds. The second kappa shape index (κ2) is 6.15. The summed E-state index contributed by atoms with van der Waals surface area (Å²) in [7, 11) is 0. The number of rotatable bonds is 0. The number of thioether (sulfide) groups is 1. The van der Waals surface area contributed by atoms with Crippen LogP contribution in [0.2, 0.25) is 0 Å². The summed E-state index contributed by atoms with van der Waals surface area (Å²) >= 11 is 1.32. The summed E-state index contributed by atoms with van der Waals surface area (Å²) in [6, 6.07) is 12.3. The van der Waals surface area contributed by atoms with Crippen molar-refractivity contribution in [2.75, 3.05) is 0 Å². The molecule has 0 radical (unpaired) electrons. The fraction of sp³-hybridized carbons (Fsp3) is 0.250. The monoisotopic (exact) mass is 349 g/mol. The van der Waals surface area contributed by atoms with Gasteiger partial charge in [-0.3, -0.25) is 10.2 Å². The molecule has 0 fully saturated rings. The van der Waals surface area contributed by atoms with Gasteiger partial charge in [-0.25, -0.2) is 4.98 Å². The first-order valence-corrected chi connectivity index (χ1v) is 9.54. The van der Waals surface area contributed by atoms with Crippen molar-refractivity contribution in [1.29, 1.82) is 5.41 Å². The van der Waals surface area contributed by atoms with Crippen molar-refractivity contribution >= 4 is 27.8 Å². The fourth-order valence-corrected chi connectivity index (χ4v) is 4.36. The first-order chi connectivity index (χ1) is 12.2. The standard InChI is InChI=1S/C18H13N3OS.C2H6/c19-18-13-9-23-16(22)7-11(13)6-15-17-12(8-21(15)18)5-10-3-1-2-4-14(10)20-17;1-2/h1-6,19H,7-9H2;1-2H3. The Morgan fingerprint density at radius 1 is 1.16 bits per heavy atom. The van der Waals surface area contributed by atoms with Crippen LogP contribution in [-0.4, -0.2) is 14.7 Å². The zero-order chi connectivity index (χ0) is 17.6. The molecule has 2 aliphatic heterocycles. The van der Waals surface area contributed by atoms with Crippen LogP contribution < -0.4 is 5.49 Å². The summed E-state index contributed by atoms with van der Waals surface area (Å²) < 4.78 is 2.02. The largest absolute Gasteiger partial charge is 0.320 e. The highest BCUT2D eigenvalue weighted by Gasteiger charge is 2.26. The molecule has 0 bridgehead atoms. The molecule has 5 heteroatoms. The minimum atomic E-state index is 0.187. The Morgan fingerprint density at radius 2 is 1.96 bits per heavy atom. The maximum absolute atomic E-state index is 11.7. The third-order valence-electron chi connectivity index (χ3n) is 4.63. The van der Waals surface area contributed by atoms with Crippen molar-refractivity contribution in [3.8, 4) is 11.4 Å². The van der Waals surface area contributed by atoms with Gasteiger partial charge in [0.1, 0.15) is 5.49 Å². The second-order valence-corrected chi connectivity index (χ2v) is 7.03. The second-order valence-electron chi connectivity index (χ2n) is 5.99. The molecule has 2 aliphatic rings. The van der Waals surface area contributed by atoms with Crippen LogP contribution in [0.15, 0.2) is 36.4 Å². The number of carbonyl (C=O) groups excluding carboxylic acids is 1. The smallest absolute Gasteiger partial charge is 0.193 e. The lowest BCUT2D eigenvalue weighted by Gasteiger charge is -2.17. The molecule has 0 atom stereocenters. The van der Waals surface area contributed by atoms with Crippen LogP contribution in [0.25, 0.3) is 22.3 Å². The Hall–Kier alpha value is -2.40. The highest BCUT2D eigenvalue weighted by atomic mass is 32.2. The van der Waals surface area contributed by atoms with Crippen molar-refractivity contribution in [3.63, 3.8) is 0 Å². The summed E-state index contributed by atoms with van der Waals surface area (Å²) in [5, 5.41) is 9.85. The molecule has 126 valence electrons. The maximum Gasteiger partial charge on any atom is 0.193 e. The minimum Gasteiger partial charge on any atom is -0.320 e. The normalized spacial score (nSPS) is 14.4. The molecule has 3 aromatic rings. The number of fused-ring (bicyclic) bond motifs is 5. The summed E-state index contributed by atoms with van der Waals surface area (Å²) in [4.78, 5) is 16.5. The van der Waals surface area contributed by atoms with E-state index in [1.165, 1.54) is 11.8 Å². The van der Waals surface area contributed by atoms with Gasteiger partial charge < -0.3 is 4.57 Å². The lowest BCUT2D eigenvalue weighted by molar-refractivity contribution is -0.110. The minimum absolute atomic E-state index is 0.187. The molecule has 0 saturated heterocycles. The maximum atomic E-state index is 11.7. The third-order valence-corrected chi connectivity index (χ3v) is 5.53. The number of aromatic nitrogens is 2. The van der Waals surface area contributed by atoms with E-state index in [-0.39, 0.29) is 5.12 Å². The Kier molecular flexibility index (Phi) is 3.96. The lowest BCUT2D eigenvalue weighted by atomic mass is 10.0. The number of nitrogens with one attached hydrogen (secondary N) is 1. The van der Waals surface area contributed by atoms with Crippen LogP contribution in [0.5, 0.6) is 0 Å². The summed E-state index contributed by atoms with van der Waals surface area (Å²) in [5.74, 6) is 0.610. The van der Waals surface area contributed by atoms with Crippen LogP contribution in [0.4, 0.5) is 0 Å². The molecule has 0 aliphatic carbocycles. The number of hydrogen-bond donors (Lipinski definition) is 1. The van der Waals surface area contributed by atoms with E-state index in [2.05, 4.69) is 18.2 Å². The van der Waals surface area contributed by atoms with E-state index in [4.69, 9.17) is 10.4 Å². The number of hydrogen-bond acceptors (Lipinski definition) is 4. The molecule has 2 aromatic heterocycles. The van der Waals surface area contributed by atoms with Gasteiger partial charge in [-0.05, 0) is 23.8 Å². The first kappa shape index (κ1) is 16.1. The van der Waals surface area contributed by atoms with Crippen LogP contribution in [0.1, 0.15) is 30.5 Å². The van der Waals surface area contributed by atoms with E-state index in [1.807, 2.05) is 36.6 Å². The number of para-hydroxylation sites is 1. The zero-order valence-corrected chi connectivity index (χ0v) is 15.1. The third kappa shape index (κ3) is 2.50. The number of nitrogens with zero attached hydrogens (tertiary/aromatic N) is 2. The molecule has 0 unspecified atom stereocenters. The highest BCUT2D eigenvalue weighted by Crippen LogP contribution is 2.34. The molecule has 5 rings (SSSR count). The Labute approximate surface area is 150 Å². The molecule has 1 aromatic carbocycles. The van der Waals surface area contributed by atoms with Crippen LogP contribution in [-0.2, 0) is 23.5 Å².